The van der Waals surface area contributed by atoms with E-state index in [2.05, 4.69) is 5.32 Å². The van der Waals surface area contributed by atoms with Crippen LogP contribution in [0.5, 0.6) is 5.75 Å². The van der Waals surface area contributed by atoms with Gasteiger partial charge >= 0.3 is 11.9 Å². The minimum Gasteiger partial charge on any atom is -0.495 e. The Morgan fingerprint density at radius 2 is 1.85 bits per heavy atom. The number of carbonyl (C=O) groups excluding carboxylic acids is 3. The first-order valence-electron chi connectivity index (χ1n) is 10.4. The van der Waals surface area contributed by atoms with Crippen molar-refractivity contribution in [3.63, 3.8) is 0 Å². The summed E-state index contributed by atoms with van der Waals surface area (Å²) in [5, 5.41) is 2.69. The lowest BCUT2D eigenvalue weighted by atomic mass is 9.93. The summed E-state index contributed by atoms with van der Waals surface area (Å²) >= 11 is 0. The number of benzene rings is 3. The predicted octanol–water partition coefficient (Wildman–Crippen LogP) is 4.25. The van der Waals surface area contributed by atoms with Crippen LogP contribution in [-0.4, -0.2) is 31.6 Å². The van der Waals surface area contributed by atoms with Gasteiger partial charge in [-0.1, -0.05) is 36.4 Å². The third kappa shape index (κ3) is 5.03. The number of hydrogen-bond donors (Lipinski definition) is 1. The van der Waals surface area contributed by atoms with Crippen molar-refractivity contribution in [3.05, 3.63) is 94.5 Å². The molecule has 4 rings (SSSR count). The maximum absolute atomic E-state index is 12.6. The molecule has 3 aromatic rings. The quantitative estimate of drug-likeness (QED) is 0.571. The van der Waals surface area contributed by atoms with Gasteiger partial charge in [0.25, 0.3) is 5.91 Å². The fraction of sp³-hybridized carbons (Fsp3) is 0.192. The van der Waals surface area contributed by atoms with Crippen molar-refractivity contribution >= 4 is 23.5 Å². The van der Waals surface area contributed by atoms with E-state index in [4.69, 9.17) is 14.2 Å². The van der Waals surface area contributed by atoms with Gasteiger partial charge in [0.05, 0.1) is 23.9 Å². The lowest BCUT2D eigenvalue weighted by molar-refractivity contribution is -0.119. The molecule has 0 fully saturated rings. The third-order valence-corrected chi connectivity index (χ3v) is 5.35. The molecule has 3 aromatic carbocycles. The topological polar surface area (TPSA) is 90.9 Å². The van der Waals surface area contributed by atoms with Gasteiger partial charge in [-0.15, -0.1) is 0 Å². The number of cyclic esters (lactones) is 1. The molecule has 1 heterocycles. The van der Waals surface area contributed by atoms with Gasteiger partial charge in [0.15, 0.2) is 6.61 Å². The zero-order chi connectivity index (χ0) is 23.4. The number of rotatable bonds is 6. The van der Waals surface area contributed by atoms with Gasteiger partial charge in [0.2, 0.25) is 0 Å². The standard InChI is InChI=1S/C26H23NO6/c1-16-8-11-22(31-2)21(12-16)27-24(28)15-32-25(29)18-9-10-20-19(13-18)14-23(33-26(20)30)17-6-4-3-5-7-17/h3-13,23H,14-15H2,1-2H3,(H,27,28). The van der Waals surface area contributed by atoms with E-state index in [1.165, 1.54) is 13.2 Å². The summed E-state index contributed by atoms with van der Waals surface area (Å²) in [7, 11) is 1.51. The van der Waals surface area contributed by atoms with Crippen molar-refractivity contribution in [1.29, 1.82) is 0 Å². The average Bonchev–Trinajstić information content (AvgIpc) is 2.83. The van der Waals surface area contributed by atoms with Crippen LogP contribution in [0.4, 0.5) is 5.69 Å². The number of carbonyl (C=O) groups is 3. The molecule has 0 saturated heterocycles. The van der Waals surface area contributed by atoms with Gasteiger partial charge in [-0.25, -0.2) is 9.59 Å². The van der Waals surface area contributed by atoms with Crippen LogP contribution in [0, 0.1) is 6.92 Å². The molecule has 0 aromatic heterocycles. The first kappa shape index (κ1) is 22.1. The molecule has 1 N–H and O–H groups in total. The van der Waals surface area contributed by atoms with E-state index in [1.54, 1.807) is 24.3 Å². The van der Waals surface area contributed by atoms with Gasteiger partial charge in [-0.05, 0) is 53.9 Å². The Kier molecular flexibility index (Phi) is 6.40. The number of nitrogens with one attached hydrogen (secondary N) is 1. The van der Waals surface area contributed by atoms with Gasteiger partial charge < -0.3 is 19.5 Å². The molecule has 7 heteroatoms. The van der Waals surface area contributed by atoms with Gasteiger partial charge in [-0.2, -0.15) is 0 Å². The van der Waals surface area contributed by atoms with Crippen LogP contribution >= 0.6 is 0 Å². The number of fused-ring (bicyclic) bond motifs is 1. The van der Waals surface area contributed by atoms with Crippen LogP contribution in [0.15, 0.2) is 66.7 Å². The van der Waals surface area contributed by atoms with Crippen LogP contribution in [0.3, 0.4) is 0 Å². The Bertz CT molecular complexity index is 1200. The number of methoxy groups -OCH3 is 1. The average molecular weight is 445 g/mol. The van der Waals surface area contributed by atoms with E-state index in [0.717, 1.165) is 11.1 Å². The monoisotopic (exact) mass is 445 g/mol. The van der Waals surface area contributed by atoms with Gasteiger partial charge in [-0.3, -0.25) is 4.79 Å². The zero-order valence-corrected chi connectivity index (χ0v) is 18.3. The van der Waals surface area contributed by atoms with E-state index in [-0.39, 0.29) is 5.56 Å². The predicted molar refractivity (Wildman–Crippen MR) is 121 cm³/mol. The summed E-state index contributed by atoms with van der Waals surface area (Å²) in [6.45, 7) is 1.44. The van der Waals surface area contributed by atoms with Crippen molar-refractivity contribution < 1.29 is 28.6 Å². The minimum atomic E-state index is -0.653. The molecule has 0 saturated carbocycles. The second-order valence-corrected chi connectivity index (χ2v) is 7.71. The van der Waals surface area contributed by atoms with Crippen molar-refractivity contribution in [2.75, 3.05) is 19.0 Å². The highest BCUT2D eigenvalue weighted by molar-refractivity contribution is 5.98. The number of esters is 2. The zero-order valence-electron chi connectivity index (χ0n) is 18.3. The fourth-order valence-corrected chi connectivity index (χ4v) is 3.70. The van der Waals surface area contributed by atoms with Gasteiger partial charge in [0, 0.05) is 6.42 Å². The van der Waals surface area contributed by atoms with Crippen molar-refractivity contribution in [2.24, 2.45) is 0 Å². The number of hydrogen-bond acceptors (Lipinski definition) is 6. The first-order valence-corrected chi connectivity index (χ1v) is 10.4. The highest BCUT2D eigenvalue weighted by atomic mass is 16.5. The molecule has 0 bridgehead atoms. The molecule has 1 aliphatic heterocycles. The third-order valence-electron chi connectivity index (χ3n) is 5.35. The van der Waals surface area contributed by atoms with Crippen LogP contribution in [0.1, 0.15) is 43.5 Å². The highest BCUT2D eigenvalue weighted by Gasteiger charge is 2.28. The van der Waals surface area contributed by atoms with E-state index >= 15 is 0 Å². The maximum Gasteiger partial charge on any atom is 0.339 e. The molecule has 0 radical (unpaired) electrons. The molecular formula is C26H23NO6. The van der Waals surface area contributed by atoms with Crippen molar-refractivity contribution in [2.45, 2.75) is 19.4 Å². The second-order valence-electron chi connectivity index (χ2n) is 7.71. The lowest BCUT2D eigenvalue weighted by Crippen LogP contribution is -2.23. The highest BCUT2D eigenvalue weighted by Crippen LogP contribution is 2.31. The normalized spacial score (nSPS) is 14.6. The van der Waals surface area contributed by atoms with Gasteiger partial charge in [0.1, 0.15) is 11.9 Å². The molecule has 0 aliphatic carbocycles. The van der Waals surface area contributed by atoms with E-state index in [0.29, 0.717) is 29.0 Å². The summed E-state index contributed by atoms with van der Waals surface area (Å²) < 4.78 is 16.0. The molecular weight excluding hydrogens is 422 g/mol. The summed E-state index contributed by atoms with van der Waals surface area (Å²) in [5.74, 6) is -1.07. The molecule has 0 spiro atoms. The second kappa shape index (κ2) is 9.56. The van der Waals surface area contributed by atoms with E-state index in [9.17, 15) is 14.4 Å². The molecule has 1 atom stereocenters. The van der Waals surface area contributed by atoms with Crippen LogP contribution in [0.2, 0.25) is 0 Å². The molecule has 168 valence electrons. The summed E-state index contributed by atoms with van der Waals surface area (Å²) in [4.78, 5) is 37.3. The van der Waals surface area contributed by atoms with Crippen LogP contribution in [0.25, 0.3) is 0 Å². The largest absolute Gasteiger partial charge is 0.495 e. The van der Waals surface area contributed by atoms with Crippen LogP contribution in [-0.2, 0) is 20.7 Å². The van der Waals surface area contributed by atoms with Crippen molar-refractivity contribution in [3.8, 4) is 5.75 Å². The molecule has 1 aliphatic rings. The summed E-state index contributed by atoms with van der Waals surface area (Å²) in [6, 6.07) is 19.5. The lowest BCUT2D eigenvalue weighted by Gasteiger charge is -2.25. The molecule has 1 amide bonds. The molecule has 33 heavy (non-hydrogen) atoms. The summed E-state index contributed by atoms with van der Waals surface area (Å²) in [5.41, 5.74) is 3.71. The first-order chi connectivity index (χ1) is 15.9. The fourth-order valence-electron chi connectivity index (χ4n) is 3.70. The maximum atomic E-state index is 12.6. The van der Waals surface area contributed by atoms with E-state index < -0.39 is 30.6 Å². The SMILES string of the molecule is COc1ccc(C)cc1NC(=O)COC(=O)c1ccc2c(c1)CC(c1ccccc1)OC2=O. The Hall–Kier alpha value is -4.13. The van der Waals surface area contributed by atoms with Crippen LogP contribution < -0.4 is 10.1 Å². The Morgan fingerprint density at radius 1 is 1.06 bits per heavy atom. The van der Waals surface area contributed by atoms with Crippen molar-refractivity contribution in [1.82, 2.24) is 0 Å². The van der Waals surface area contributed by atoms with E-state index in [1.807, 2.05) is 43.3 Å². The summed E-state index contributed by atoms with van der Waals surface area (Å²) in [6.07, 6.45) is 0.0207. The number of amides is 1. The Morgan fingerprint density at radius 3 is 2.61 bits per heavy atom. The Balaban J connectivity index is 1.42. The smallest absolute Gasteiger partial charge is 0.339 e. The molecule has 1 unspecified atom stereocenters. The number of anilines is 1. The minimum absolute atomic E-state index is 0.260. The number of aryl methyl sites for hydroxylation is 1. The Labute approximate surface area is 191 Å². The number of ether oxygens (including phenoxy) is 3. The molecule has 7 nitrogen and oxygen atoms in total.